The Morgan fingerprint density at radius 3 is 2.47 bits per heavy atom. The normalized spacial score (nSPS) is 45.2. The van der Waals surface area contributed by atoms with Gasteiger partial charge in [-0.2, -0.15) is 0 Å². The Morgan fingerprint density at radius 2 is 1.86 bits per heavy atom. The van der Waals surface area contributed by atoms with Crippen LogP contribution >= 0.6 is 0 Å². The highest BCUT2D eigenvalue weighted by molar-refractivity contribution is 6.01. The fourth-order valence-corrected chi connectivity index (χ4v) is 7.74. The summed E-state index contributed by atoms with van der Waals surface area (Å²) in [5.74, 6) is -4.77. The molecule has 7 nitrogen and oxygen atoms in total. The molecule has 0 bridgehead atoms. The van der Waals surface area contributed by atoms with Crippen LogP contribution in [0.5, 0.6) is 0 Å². The van der Waals surface area contributed by atoms with E-state index < -0.39 is 82.2 Å². The van der Waals surface area contributed by atoms with Crippen molar-refractivity contribution < 1.29 is 42.5 Å². The summed E-state index contributed by atoms with van der Waals surface area (Å²) < 4.78 is 44.0. The van der Waals surface area contributed by atoms with Gasteiger partial charge in [0.2, 0.25) is 5.60 Å². The van der Waals surface area contributed by atoms with Crippen LogP contribution < -0.4 is 0 Å². The van der Waals surface area contributed by atoms with Gasteiger partial charge in [0, 0.05) is 29.1 Å². The Morgan fingerprint density at radius 1 is 1.19 bits per heavy atom. The monoisotopic (exact) mass is 508 g/mol. The molecule has 0 heterocycles. The summed E-state index contributed by atoms with van der Waals surface area (Å²) in [6.45, 7) is 7.14. The minimum atomic E-state index is -2.32. The Hall–Kier alpha value is -2.42. The summed E-state index contributed by atoms with van der Waals surface area (Å²) in [6.07, 6.45) is 0.0119. The van der Waals surface area contributed by atoms with Crippen LogP contribution in [0.25, 0.3) is 0 Å². The Bertz CT molecular complexity index is 1070. The minimum absolute atomic E-state index is 0.00647. The van der Waals surface area contributed by atoms with Crippen molar-refractivity contribution in [2.45, 2.75) is 83.8 Å². The van der Waals surface area contributed by atoms with E-state index in [0.717, 1.165) is 6.08 Å². The molecular weight excluding hydrogens is 474 g/mol. The molecule has 3 fully saturated rings. The molecule has 198 valence electrons. The molecule has 0 unspecified atom stereocenters. The van der Waals surface area contributed by atoms with Crippen LogP contribution in [0.2, 0.25) is 0 Å². The zero-order valence-corrected chi connectivity index (χ0v) is 21.3. The third-order valence-electron chi connectivity index (χ3n) is 9.44. The topological polar surface area (TPSA) is 107 Å². The van der Waals surface area contributed by atoms with Crippen molar-refractivity contribution in [2.75, 3.05) is 6.61 Å². The fourth-order valence-electron chi connectivity index (χ4n) is 7.74. The van der Waals surface area contributed by atoms with E-state index in [0.29, 0.717) is 0 Å². The van der Waals surface area contributed by atoms with Gasteiger partial charge in [0.15, 0.2) is 17.2 Å². The molecule has 4 rings (SSSR count). The highest BCUT2D eigenvalue weighted by atomic mass is 19.1. The molecule has 3 saturated carbocycles. The number of Topliss-reactive ketones (excluding diaryl/α,β-unsaturated/α-hetero) is 1. The van der Waals surface area contributed by atoms with Crippen LogP contribution in [0.15, 0.2) is 23.8 Å². The van der Waals surface area contributed by atoms with Crippen LogP contribution in [0.4, 0.5) is 8.78 Å². The van der Waals surface area contributed by atoms with E-state index in [4.69, 9.17) is 9.47 Å². The van der Waals surface area contributed by atoms with E-state index in [1.165, 1.54) is 26.0 Å². The average molecular weight is 509 g/mol. The Kier molecular flexibility index (Phi) is 6.34. The summed E-state index contributed by atoms with van der Waals surface area (Å²) in [5.41, 5.74) is -7.06. The van der Waals surface area contributed by atoms with Crippen LogP contribution in [0, 0.1) is 28.6 Å². The van der Waals surface area contributed by atoms with Gasteiger partial charge in [-0.3, -0.25) is 14.4 Å². The lowest BCUT2D eigenvalue weighted by molar-refractivity contribution is -0.239. The van der Waals surface area contributed by atoms with Gasteiger partial charge in [0.25, 0.3) is 0 Å². The van der Waals surface area contributed by atoms with Crippen molar-refractivity contribution in [1.82, 2.24) is 0 Å². The van der Waals surface area contributed by atoms with Gasteiger partial charge in [0.05, 0.1) is 6.10 Å². The fraction of sp³-hybridized carbons (Fsp3) is 0.704. The molecule has 0 spiro atoms. The maximum Gasteiger partial charge on any atom is 0.351 e. The number of hydrogen-bond acceptors (Lipinski definition) is 7. The number of halogens is 2. The zero-order valence-electron chi connectivity index (χ0n) is 21.3. The quantitative estimate of drug-likeness (QED) is 0.568. The summed E-state index contributed by atoms with van der Waals surface area (Å²) in [5, 5.41) is 11.5. The maximum absolute atomic E-state index is 17.3. The number of carbonyl (C=O) groups is 4. The van der Waals surface area contributed by atoms with Gasteiger partial charge >= 0.3 is 11.9 Å². The molecular formula is C27H34F2O7. The number of rotatable bonds is 5. The lowest BCUT2D eigenvalue weighted by Gasteiger charge is -2.63. The van der Waals surface area contributed by atoms with Crippen molar-refractivity contribution in [1.29, 1.82) is 0 Å². The molecule has 0 amide bonds. The highest BCUT2D eigenvalue weighted by Gasteiger charge is 2.78. The smallest absolute Gasteiger partial charge is 0.351 e. The van der Waals surface area contributed by atoms with Gasteiger partial charge in [0.1, 0.15) is 12.8 Å². The van der Waals surface area contributed by atoms with E-state index >= 15 is 8.78 Å². The number of hydrogen-bond donors (Lipinski definition) is 1. The molecule has 0 aliphatic heterocycles. The van der Waals surface area contributed by atoms with Gasteiger partial charge < -0.3 is 14.6 Å². The van der Waals surface area contributed by atoms with E-state index in [9.17, 15) is 24.3 Å². The standard InChI is InChI=1S/C27H34F2O7/c1-6-22(33)36-27(23(34)35-13-15(3)30)14(2)9-17-18-11-20(28)19-10-16(31)7-8-24(19,4)26(18,29)21(32)12-25(17,27)5/h7-8,10,14,17-18,20-21,32H,6,9,11-13H2,1-5H3/t14-,17+,18+,20+,21+,24+,25+,26+,27+/m1/s1. The lowest BCUT2D eigenvalue weighted by atomic mass is 9.44. The Labute approximate surface area is 209 Å². The van der Waals surface area contributed by atoms with Crippen molar-refractivity contribution in [3.63, 3.8) is 0 Å². The molecule has 9 heteroatoms. The molecule has 0 aromatic carbocycles. The van der Waals surface area contributed by atoms with E-state index in [1.54, 1.807) is 20.8 Å². The second kappa shape index (κ2) is 8.57. The number of aliphatic hydroxyl groups is 1. The molecule has 1 N–H and O–H groups in total. The largest absolute Gasteiger partial charge is 0.455 e. The summed E-state index contributed by atoms with van der Waals surface area (Å²) in [7, 11) is 0. The second-order valence-corrected chi connectivity index (χ2v) is 11.3. The first-order valence-corrected chi connectivity index (χ1v) is 12.5. The number of ketones is 2. The highest BCUT2D eigenvalue weighted by Crippen LogP contribution is 2.71. The predicted molar refractivity (Wildman–Crippen MR) is 124 cm³/mol. The average Bonchev–Trinajstić information content (AvgIpc) is 3.02. The summed E-state index contributed by atoms with van der Waals surface area (Å²) in [6, 6.07) is 0. The first-order chi connectivity index (χ1) is 16.7. The molecule has 9 atom stereocenters. The van der Waals surface area contributed by atoms with Crippen molar-refractivity contribution in [3.05, 3.63) is 23.8 Å². The number of esters is 2. The molecule has 4 aliphatic rings. The molecule has 4 aliphatic carbocycles. The minimum Gasteiger partial charge on any atom is -0.455 e. The number of ether oxygens (including phenoxy) is 2. The van der Waals surface area contributed by atoms with Crippen molar-refractivity contribution in [3.8, 4) is 0 Å². The van der Waals surface area contributed by atoms with Crippen molar-refractivity contribution >= 4 is 23.5 Å². The van der Waals surface area contributed by atoms with Crippen LogP contribution in [-0.2, 0) is 28.7 Å². The Balaban J connectivity index is 1.85. The third-order valence-corrected chi connectivity index (χ3v) is 9.44. The number of alkyl halides is 2. The van der Waals surface area contributed by atoms with Gasteiger partial charge in [-0.1, -0.05) is 26.8 Å². The van der Waals surface area contributed by atoms with Gasteiger partial charge in [-0.15, -0.1) is 0 Å². The third kappa shape index (κ3) is 3.30. The molecule has 0 aromatic rings. The number of fused-ring (bicyclic) bond motifs is 5. The molecule has 0 radical (unpaired) electrons. The lowest BCUT2D eigenvalue weighted by Crippen LogP contribution is -2.71. The van der Waals surface area contributed by atoms with Crippen molar-refractivity contribution in [2.24, 2.45) is 28.6 Å². The van der Waals surface area contributed by atoms with Crippen LogP contribution in [-0.4, -0.2) is 58.8 Å². The second-order valence-electron chi connectivity index (χ2n) is 11.3. The van der Waals surface area contributed by atoms with E-state index in [2.05, 4.69) is 0 Å². The summed E-state index contributed by atoms with van der Waals surface area (Å²) >= 11 is 0. The number of carbonyl (C=O) groups excluding carboxylic acids is 4. The zero-order chi connectivity index (χ0) is 26.8. The molecule has 0 saturated heterocycles. The van der Waals surface area contributed by atoms with Crippen LogP contribution in [0.3, 0.4) is 0 Å². The van der Waals surface area contributed by atoms with Gasteiger partial charge in [-0.05, 0) is 56.8 Å². The summed E-state index contributed by atoms with van der Waals surface area (Å²) in [4.78, 5) is 49.7. The number of allylic oxidation sites excluding steroid dienone is 4. The molecule has 36 heavy (non-hydrogen) atoms. The predicted octanol–water partition coefficient (Wildman–Crippen LogP) is 3.38. The first-order valence-electron chi connectivity index (χ1n) is 12.5. The molecule has 0 aromatic heterocycles. The van der Waals surface area contributed by atoms with E-state index in [1.807, 2.05) is 0 Å². The van der Waals surface area contributed by atoms with Crippen LogP contribution in [0.1, 0.15) is 60.3 Å². The number of aliphatic hydroxyl groups excluding tert-OH is 1. The van der Waals surface area contributed by atoms with E-state index in [-0.39, 0.29) is 31.3 Å². The first kappa shape index (κ1) is 26.6. The SMILES string of the molecule is CCC(=O)O[C@]1(C(=O)OCC(C)=O)[C@H](C)C[C@H]2[C@@H]3C[C@H](F)C4=CC(=O)C=C[C@]4(C)[C@@]3(F)[C@@H](O)C[C@@]21C. The maximum atomic E-state index is 17.3. The van der Waals surface area contributed by atoms with Gasteiger partial charge in [-0.25, -0.2) is 13.6 Å².